The van der Waals surface area contributed by atoms with Crippen LogP contribution in [0.4, 0.5) is 0 Å². The van der Waals surface area contributed by atoms with Crippen LogP contribution in [0.15, 0.2) is 54.6 Å². The Balaban J connectivity index is 1.57. The Labute approximate surface area is 126 Å². The van der Waals surface area contributed by atoms with Crippen molar-refractivity contribution in [1.82, 2.24) is 0 Å². The lowest BCUT2D eigenvalue weighted by atomic mass is 10.1. The number of hydrogen-bond acceptors (Lipinski definition) is 2. The van der Waals surface area contributed by atoms with Gasteiger partial charge in [-0.15, -0.1) is 0 Å². The summed E-state index contributed by atoms with van der Waals surface area (Å²) < 4.78 is 5.16. The lowest BCUT2D eigenvalue weighted by molar-refractivity contribution is 0.414. The van der Waals surface area contributed by atoms with E-state index in [4.69, 9.17) is 4.74 Å². The highest BCUT2D eigenvalue weighted by atomic mass is 32.2. The molecule has 0 saturated heterocycles. The third kappa shape index (κ3) is 5.30. The first kappa shape index (κ1) is 15.0. The quantitative estimate of drug-likeness (QED) is 0.635. The van der Waals surface area contributed by atoms with Crippen molar-refractivity contribution in [2.24, 2.45) is 0 Å². The molecule has 2 heteroatoms. The normalized spacial score (nSPS) is 10.4. The second kappa shape index (κ2) is 8.70. The first-order valence-electron chi connectivity index (χ1n) is 7.13. The predicted octanol–water partition coefficient (Wildman–Crippen LogP) is 4.95. The van der Waals surface area contributed by atoms with Gasteiger partial charge in [0.2, 0.25) is 0 Å². The van der Waals surface area contributed by atoms with Crippen molar-refractivity contribution in [3.05, 3.63) is 65.7 Å². The van der Waals surface area contributed by atoms with Crippen LogP contribution in [0.1, 0.15) is 24.0 Å². The standard InChI is InChI=1S/C18H22OS/c1-19-18-12-10-17(11-13-18)15-20-14-6-5-9-16-7-3-2-4-8-16/h2-4,7-8,10-13H,5-6,9,14-15H2,1H3. The smallest absolute Gasteiger partial charge is 0.118 e. The number of ether oxygens (including phenoxy) is 1. The van der Waals surface area contributed by atoms with E-state index >= 15 is 0 Å². The summed E-state index contributed by atoms with van der Waals surface area (Å²) in [4.78, 5) is 0. The molecule has 0 radical (unpaired) electrons. The fraction of sp³-hybridized carbons (Fsp3) is 0.333. The fourth-order valence-corrected chi connectivity index (χ4v) is 3.07. The van der Waals surface area contributed by atoms with Crippen molar-refractivity contribution in [2.75, 3.05) is 12.9 Å². The maximum Gasteiger partial charge on any atom is 0.118 e. The minimum absolute atomic E-state index is 0.932. The van der Waals surface area contributed by atoms with Gasteiger partial charge in [-0.1, -0.05) is 42.5 Å². The topological polar surface area (TPSA) is 9.23 Å². The SMILES string of the molecule is COc1ccc(CSCCCCc2ccccc2)cc1. The van der Waals surface area contributed by atoms with Gasteiger partial charge in [0.1, 0.15) is 5.75 Å². The second-order valence-electron chi connectivity index (χ2n) is 4.84. The minimum atomic E-state index is 0.932. The van der Waals surface area contributed by atoms with Gasteiger partial charge in [0.15, 0.2) is 0 Å². The van der Waals surface area contributed by atoms with E-state index < -0.39 is 0 Å². The van der Waals surface area contributed by atoms with E-state index in [0.29, 0.717) is 0 Å². The van der Waals surface area contributed by atoms with Gasteiger partial charge >= 0.3 is 0 Å². The molecule has 0 heterocycles. The summed E-state index contributed by atoms with van der Waals surface area (Å²) in [5.41, 5.74) is 2.83. The van der Waals surface area contributed by atoms with Crippen LogP contribution >= 0.6 is 11.8 Å². The lowest BCUT2D eigenvalue weighted by Crippen LogP contribution is -1.88. The van der Waals surface area contributed by atoms with E-state index in [2.05, 4.69) is 42.5 Å². The van der Waals surface area contributed by atoms with E-state index in [-0.39, 0.29) is 0 Å². The molecule has 0 aliphatic heterocycles. The summed E-state index contributed by atoms with van der Waals surface area (Å²) in [6, 6.07) is 19.1. The van der Waals surface area contributed by atoms with Gasteiger partial charge in [-0.05, 0) is 48.3 Å². The van der Waals surface area contributed by atoms with E-state index in [9.17, 15) is 0 Å². The Kier molecular flexibility index (Phi) is 6.52. The van der Waals surface area contributed by atoms with Gasteiger partial charge in [-0.25, -0.2) is 0 Å². The first-order valence-corrected chi connectivity index (χ1v) is 8.28. The van der Waals surface area contributed by atoms with Crippen LogP contribution in [0.25, 0.3) is 0 Å². The molecule has 0 aliphatic rings. The summed E-state index contributed by atoms with van der Waals surface area (Å²) in [5, 5.41) is 0. The summed E-state index contributed by atoms with van der Waals surface area (Å²) in [6.07, 6.45) is 3.76. The number of methoxy groups -OCH3 is 1. The highest BCUT2D eigenvalue weighted by Crippen LogP contribution is 2.17. The number of unbranched alkanes of at least 4 members (excludes halogenated alkanes) is 1. The van der Waals surface area contributed by atoms with E-state index in [1.54, 1.807) is 7.11 Å². The Morgan fingerprint density at radius 1 is 0.850 bits per heavy atom. The summed E-state index contributed by atoms with van der Waals surface area (Å²) >= 11 is 2.01. The summed E-state index contributed by atoms with van der Waals surface area (Å²) in [7, 11) is 1.70. The molecule has 0 aliphatic carbocycles. The zero-order chi connectivity index (χ0) is 14.0. The molecule has 0 saturated carbocycles. The molecule has 1 nitrogen and oxygen atoms in total. The molecule has 2 aromatic carbocycles. The van der Waals surface area contributed by atoms with Gasteiger partial charge in [-0.3, -0.25) is 0 Å². The van der Waals surface area contributed by atoms with Crippen molar-refractivity contribution in [3.8, 4) is 5.75 Å². The van der Waals surface area contributed by atoms with Gasteiger partial charge in [-0.2, -0.15) is 11.8 Å². The second-order valence-corrected chi connectivity index (χ2v) is 5.95. The maximum absolute atomic E-state index is 5.16. The molecule has 0 aromatic heterocycles. The number of aryl methyl sites for hydroxylation is 1. The van der Waals surface area contributed by atoms with Gasteiger partial charge < -0.3 is 4.74 Å². The Hall–Kier alpha value is -1.41. The molecule has 20 heavy (non-hydrogen) atoms. The number of hydrogen-bond donors (Lipinski definition) is 0. The Bertz CT molecular complexity index is 479. The predicted molar refractivity (Wildman–Crippen MR) is 88.5 cm³/mol. The van der Waals surface area contributed by atoms with Gasteiger partial charge in [0.05, 0.1) is 7.11 Å². The highest BCUT2D eigenvalue weighted by Gasteiger charge is 1.96. The summed E-state index contributed by atoms with van der Waals surface area (Å²) in [6.45, 7) is 0. The van der Waals surface area contributed by atoms with Crippen LogP contribution in [-0.4, -0.2) is 12.9 Å². The largest absolute Gasteiger partial charge is 0.497 e. The minimum Gasteiger partial charge on any atom is -0.497 e. The monoisotopic (exact) mass is 286 g/mol. The van der Waals surface area contributed by atoms with Crippen molar-refractivity contribution in [1.29, 1.82) is 0 Å². The maximum atomic E-state index is 5.16. The molecule has 0 N–H and O–H groups in total. The lowest BCUT2D eigenvalue weighted by Gasteiger charge is -2.04. The fourth-order valence-electron chi connectivity index (χ4n) is 2.09. The van der Waals surface area contributed by atoms with E-state index in [1.807, 2.05) is 23.9 Å². The summed E-state index contributed by atoms with van der Waals surface area (Å²) in [5.74, 6) is 3.26. The molecule has 106 valence electrons. The Morgan fingerprint density at radius 2 is 1.60 bits per heavy atom. The molecule has 0 amide bonds. The van der Waals surface area contributed by atoms with E-state index in [1.165, 1.54) is 36.1 Å². The molecular weight excluding hydrogens is 264 g/mol. The number of thioether (sulfide) groups is 1. The van der Waals surface area contributed by atoms with Crippen LogP contribution in [0.5, 0.6) is 5.75 Å². The first-order chi connectivity index (χ1) is 9.88. The van der Waals surface area contributed by atoms with Crippen LogP contribution in [0.3, 0.4) is 0 Å². The zero-order valence-corrected chi connectivity index (χ0v) is 12.9. The van der Waals surface area contributed by atoms with Crippen molar-refractivity contribution >= 4 is 11.8 Å². The van der Waals surface area contributed by atoms with Gasteiger partial charge in [0.25, 0.3) is 0 Å². The third-order valence-corrected chi connectivity index (χ3v) is 4.39. The van der Waals surface area contributed by atoms with Crippen molar-refractivity contribution in [2.45, 2.75) is 25.0 Å². The van der Waals surface area contributed by atoms with Crippen LogP contribution in [0, 0.1) is 0 Å². The third-order valence-electron chi connectivity index (χ3n) is 3.27. The molecule has 0 unspecified atom stereocenters. The molecule has 0 fully saturated rings. The molecule has 2 rings (SSSR count). The Morgan fingerprint density at radius 3 is 2.30 bits per heavy atom. The molecular formula is C18H22OS. The molecule has 0 bridgehead atoms. The van der Waals surface area contributed by atoms with Gasteiger partial charge in [0, 0.05) is 5.75 Å². The van der Waals surface area contributed by atoms with Crippen molar-refractivity contribution < 1.29 is 4.74 Å². The average Bonchev–Trinajstić information content (AvgIpc) is 2.52. The zero-order valence-electron chi connectivity index (χ0n) is 12.0. The van der Waals surface area contributed by atoms with Crippen LogP contribution < -0.4 is 4.74 Å². The average molecular weight is 286 g/mol. The van der Waals surface area contributed by atoms with Crippen molar-refractivity contribution in [3.63, 3.8) is 0 Å². The number of rotatable bonds is 8. The molecule has 2 aromatic rings. The van der Waals surface area contributed by atoms with Crippen LogP contribution in [-0.2, 0) is 12.2 Å². The molecule has 0 atom stereocenters. The molecule has 0 spiro atoms. The van der Waals surface area contributed by atoms with Crippen LogP contribution in [0.2, 0.25) is 0 Å². The highest BCUT2D eigenvalue weighted by molar-refractivity contribution is 7.98. The van der Waals surface area contributed by atoms with E-state index in [0.717, 1.165) is 11.5 Å². The number of benzene rings is 2.